The largest absolute Gasteiger partial charge is 0.279 e. The van der Waals surface area contributed by atoms with Crippen molar-refractivity contribution < 1.29 is 4.39 Å². The maximum Gasteiger partial charge on any atom is 0.279 e. The number of aryl methyl sites for hydroxylation is 1. The van der Waals surface area contributed by atoms with E-state index >= 15 is 0 Å². The highest BCUT2D eigenvalue weighted by atomic mass is 19.1. The Labute approximate surface area is 156 Å². The van der Waals surface area contributed by atoms with E-state index in [0.717, 1.165) is 27.8 Å². The molecular formula is C23H18FN2O. The molecule has 3 aromatic carbocycles. The van der Waals surface area contributed by atoms with Crippen molar-refractivity contribution >= 4 is 10.8 Å². The molecule has 0 aliphatic heterocycles. The third-order valence-electron chi connectivity index (χ3n) is 4.69. The number of aromatic nitrogens is 2. The normalized spacial score (nSPS) is 11.1. The van der Waals surface area contributed by atoms with Gasteiger partial charge in [-0.25, -0.2) is 4.39 Å². The Balaban J connectivity index is 2.09. The van der Waals surface area contributed by atoms with Crippen molar-refractivity contribution in [2.24, 2.45) is 0 Å². The van der Waals surface area contributed by atoms with Crippen molar-refractivity contribution in [3.63, 3.8) is 0 Å². The van der Waals surface area contributed by atoms with Crippen molar-refractivity contribution in [3.05, 3.63) is 101 Å². The molecule has 0 fully saturated rings. The van der Waals surface area contributed by atoms with Crippen LogP contribution in [0.5, 0.6) is 0 Å². The minimum Gasteiger partial charge on any atom is -0.267 e. The van der Waals surface area contributed by atoms with Crippen molar-refractivity contribution in [3.8, 4) is 16.9 Å². The fourth-order valence-electron chi connectivity index (χ4n) is 3.30. The molecule has 0 spiro atoms. The number of fused-ring (bicyclic) bond motifs is 1. The van der Waals surface area contributed by atoms with Gasteiger partial charge in [-0.3, -0.25) is 4.79 Å². The summed E-state index contributed by atoms with van der Waals surface area (Å²) in [5.41, 5.74) is 4.03. The highest BCUT2D eigenvalue weighted by Gasteiger charge is 2.15. The van der Waals surface area contributed by atoms with E-state index in [0.29, 0.717) is 17.5 Å². The van der Waals surface area contributed by atoms with Crippen LogP contribution in [-0.2, 0) is 6.42 Å². The number of rotatable bonds is 3. The van der Waals surface area contributed by atoms with Gasteiger partial charge in [-0.2, -0.15) is 9.78 Å². The second kappa shape index (κ2) is 6.80. The molecule has 0 bridgehead atoms. The Bertz CT molecular complexity index is 1190. The zero-order chi connectivity index (χ0) is 19.0. The predicted molar refractivity (Wildman–Crippen MR) is 107 cm³/mol. The maximum atomic E-state index is 13.3. The average Bonchev–Trinajstić information content (AvgIpc) is 2.70. The Morgan fingerprint density at radius 2 is 1.78 bits per heavy atom. The van der Waals surface area contributed by atoms with Crippen molar-refractivity contribution in [1.82, 2.24) is 9.78 Å². The van der Waals surface area contributed by atoms with E-state index in [2.05, 4.69) is 12.0 Å². The molecule has 0 amide bonds. The van der Waals surface area contributed by atoms with Crippen LogP contribution in [0.1, 0.15) is 11.1 Å². The number of nitrogens with zero attached hydrogens (tertiary/aromatic N) is 2. The van der Waals surface area contributed by atoms with Gasteiger partial charge in [-0.05, 0) is 67.8 Å². The lowest BCUT2D eigenvalue weighted by atomic mass is 9.99. The van der Waals surface area contributed by atoms with Crippen LogP contribution in [0.2, 0.25) is 0 Å². The van der Waals surface area contributed by atoms with E-state index in [1.165, 1.54) is 16.8 Å². The highest BCUT2D eigenvalue weighted by molar-refractivity contribution is 5.96. The minimum atomic E-state index is -0.355. The van der Waals surface area contributed by atoms with Gasteiger partial charge in [-0.1, -0.05) is 30.3 Å². The summed E-state index contributed by atoms with van der Waals surface area (Å²) in [6, 6.07) is 19.4. The van der Waals surface area contributed by atoms with E-state index in [1.54, 1.807) is 18.2 Å². The summed E-state index contributed by atoms with van der Waals surface area (Å²) in [5, 5.41) is 6.09. The molecule has 0 saturated heterocycles. The lowest BCUT2D eigenvalue weighted by Crippen LogP contribution is -2.22. The van der Waals surface area contributed by atoms with E-state index in [4.69, 9.17) is 0 Å². The molecule has 3 nitrogen and oxygen atoms in total. The van der Waals surface area contributed by atoms with Gasteiger partial charge < -0.3 is 0 Å². The zero-order valence-corrected chi connectivity index (χ0v) is 14.9. The van der Waals surface area contributed by atoms with Gasteiger partial charge >= 0.3 is 0 Å². The van der Waals surface area contributed by atoms with Gasteiger partial charge in [0.25, 0.3) is 5.56 Å². The summed E-state index contributed by atoms with van der Waals surface area (Å²) >= 11 is 0. The molecule has 0 unspecified atom stereocenters. The van der Waals surface area contributed by atoms with Gasteiger partial charge in [0.05, 0.1) is 16.8 Å². The highest BCUT2D eigenvalue weighted by Crippen LogP contribution is 2.28. The molecule has 1 aromatic heterocycles. The van der Waals surface area contributed by atoms with Crippen LogP contribution in [-0.4, -0.2) is 9.78 Å². The topological polar surface area (TPSA) is 34.9 Å². The third-order valence-corrected chi connectivity index (χ3v) is 4.69. The lowest BCUT2D eigenvalue weighted by molar-refractivity contribution is 0.626. The summed E-state index contributed by atoms with van der Waals surface area (Å²) in [4.78, 5) is 13.1. The molecule has 0 atom stereocenters. The van der Waals surface area contributed by atoms with Gasteiger partial charge in [0, 0.05) is 10.9 Å². The molecule has 27 heavy (non-hydrogen) atoms. The molecule has 133 valence electrons. The second-order valence-electron chi connectivity index (χ2n) is 6.49. The fourth-order valence-corrected chi connectivity index (χ4v) is 3.30. The van der Waals surface area contributed by atoms with Crippen LogP contribution in [0.3, 0.4) is 0 Å². The summed E-state index contributed by atoms with van der Waals surface area (Å²) in [6.45, 7) is 5.92. The van der Waals surface area contributed by atoms with Crippen LogP contribution >= 0.6 is 0 Å². The molecule has 4 rings (SSSR count). The Kier molecular flexibility index (Phi) is 4.32. The zero-order valence-electron chi connectivity index (χ0n) is 14.9. The molecule has 0 N–H and O–H groups in total. The average molecular weight is 357 g/mol. The first-order valence-corrected chi connectivity index (χ1v) is 8.75. The summed E-state index contributed by atoms with van der Waals surface area (Å²) in [5.74, 6) is -0.355. The Morgan fingerprint density at radius 1 is 1.04 bits per heavy atom. The molecule has 1 heterocycles. The lowest BCUT2D eigenvalue weighted by Gasteiger charge is -2.13. The van der Waals surface area contributed by atoms with Crippen molar-refractivity contribution in [2.45, 2.75) is 13.3 Å². The van der Waals surface area contributed by atoms with E-state index in [9.17, 15) is 9.18 Å². The first kappa shape index (κ1) is 17.2. The van der Waals surface area contributed by atoms with E-state index in [1.807, 2.05) is 43.3 Å². The number of hydrogen-bond acceptors (Lipinski definition) is 2. The maximum absolute atomic E-state index is 13.3. The van der Waals surface area contributed by atoms with Crippen molar-refractivity contribution in [2.75, 3.05) is 0 Å². The predicted octanol–water partition coefficient (Wildman–Crippen LogP) is 4.88. The van der Waals surface area contributed by atoms with Crippen LogP contribution in [0, 0.1) is 19.7 Å². The second-order valence-corrected chi connectivity index (χ2v) is 6.49. The van der Waals surface area contributed by atoms with Gasteiger partial charge in [-0.15, -0.1) is 0 Å². The Hall–Kier alpha value is -3.27. The summed E-state index contributed by atoms with van der Waals surface area (Å²) in [6.07, 6.45) is 0.669. The molecule has 1 radical (unpaired) electrons. The molecule has 4 aromatic rings. The van der Waals surface area contributed by atoms with Gasteiger partial charge in [0.15, 0.2) is 0 Å². The SMILES string of the molecule is [CH2]Cc1cccc(-c2nn(-c3ccc(F)cc3)c(=O)c3cccc(C)c23)c1. The molecule has 0 saturated carbocycles. The van der Waals surface area contributed by atoms with Gasteiger partial charge in [0.2, 0.25) is 0 Å². The molecule has 0 aliphatic rings. The molecular weight excluding hydrogens is 339 g/mol. The number of benzene rings is 3. The third kappa shape index (κ3) is 3.04. The molecule has 0 aliphatic carbocycles. The standard InChI is InChI=1S/C23H18FN2O/c1-3-16-7-5-8-17(14-16)22-21-15(2)6-4-9-20(21)23(27)26(25-22)19-12-10-18(24)11-13-19/h4-14H,1,3H2,2H3. The van der Waals surface area contributed by atoms with E-state index in [-0.39, 0.29) is 11.4 Å². The first-order valence-electron chi connectivity index (χ1n) is 8.75. The monoisotopic (exact) mass is 357 g/mol. The number of halogens is 1. The van der Waals surface area contributed by atoms with E-state index < -0.39 is 0 Å². The quantitative estimate of drug-likeness (QED) is 0.524. The summed E-state index contributed by atoms with van der Waals surface area (Å²) in [7, 11) is 0. The van der Waals surface area contributed by atoms with Crippen LogP contribution in [0.15, 0.2) is 71.5 Å². The van der Waals surface area contributed by atoms with Crippen LogP contribution in [0.4, 0.5) is 4.39 Å². The van der Waals surface area contributed by atoms with Crippen LogP contribution < -0.4 is 5.56 Å². The van der Waals surface area contributed by atoms with Gasteiger partial charge in [0.1, 0.15) is 5.82 Å². The number of hydrogen-bond donors (Lipinski definition) is 0. The fraction of sp³-hybridized carbons (Fsp3) is 0.0870. The Morgan fingerprint density at radius 3 is 2.52 bits per heavy atom. The van der Waals surface area contributed by atoms with Crippen molar-refractivity contribution in [1.29, 1.82) is 0 Å². The van der Waals surface area contributed by atoms with Crippen LogP contribution in [0.25, 0.3) is 27.7 Å². The minimum absolute atomic E-state index is 0.225. The molecule has 4 heteroatoms. The first-order chi connectivity index (χ1) is 13.1. The summed E-state index contributed by atoms with van der Waals surface area (Å²) < 4.78 is 14.7. The smallest absolute Gasteiger partial charge is 0.267 e.